The van der Waals surface area contributed by atoms with Gasteiger partial charge in [-0.05, 0) is 42.3 Å². The third-order valence-electron chi connectivity index (χ3n) is 6.81. The van der Waals surface area contributed by atoms with Crippen LogP contribution >= 0.6 is 0 Å². The van der Waals surface area contributed by atoms with Gasteiger partial charge >= 0.3 is 0 Å². The fourth-order valence-corrected chi connectivity index (χ4v) is 5.94. The number of benzene rings is 3. The highest BCUT2D eigenvalue weighted by molar-refractivity contribution is 7.89. The summed E-state index contributed by atoms with van der Waals surface area (Å²) in [7, 11) is -0.00983. The van der Waals surface area contributed by atoms with E-state index in [0.29, 0.717) is 5.56 Å². The summed E-state index contributed by atoms with van der Waals surface area (Å²) in [6, 6.07) is 22.1. The van der Waals surface area contributed by atoms with E-state index in [4.69, 9.17) is 0 Å². The fourth-order valence-electron chi connectivity index (χ4n) is 4.64. The Bertz CT molecular complexity index is 1320. The van der Waals surface area contributed by atoms with Crippen molar-refractivity contribution in [2.24, 2.45) is 0 Å². The van der Waals surface area contributed by atoms with Gasteiger partial charge in [0.15, 0.2) is 0 Å². The summed E-state index contributed by atoms with van der Waals surface area (Å²) in [4.78, 5) is 17.2. The minimum Gasteiger partial charge on any atom is -0.378 e. The lowest BCUT2D eigenvalue weighted by Crippen LogP contribution is -2.50. The second kappa shape index (κ2) is 11.3. The standard InChI is InChI=1S/C27H33N5O4S/c1-21-9-12-25(32(33)34)19-27(21)37(35,36)28-20-26(22-10-13-23(14-11-22)29(2)3)31-17-15-30(16-18-31)24-7-5-4-6-8-24/h4-14,19,26,28H,15-18,20H2,1-3H3. The van der Waals surface area contributed by atoms with E-state index in [0.717, 1.165) is 43.5 Å². The minimum absolute atomic E-state index is 0.0719. The lowest BCUT2D eigenvalue weighted by molar-refractivity contribution is -0.385. The molecule has 3 aromatic rings. The number of nitro groups is 1. The van der Waals surface area contributed by atoms with E-state index in [1.807, 2.05) is 61.5 Å². The Hall–Kier alpha value is -3.47. The normalized spacial score (nSPS) is 15.4. The van der Waals surface area contributed by atoms with E-state index in [9.17, 15) is 18.5 Å². The molecule has 1 saturated heterocycles. The van der Waals surface area contributed by atoms with Crippen LogP contribution in [0.1, 0.15) is 17.2 Å². The number of nitro benzene ring substituents is 1. The van der Waals surface area contributed by atoms with E-state index >= 15 is 0 Å². The highest BCUT2D eigenvalue weighted by Gasteiger charge is 2.28. The molecule has 4 rings (SSSR count). The summed E-state index contributed by atoms with van der Waals surface area (Å²) in [5.74, 6) is 0. The molecule has 1 aliphatic rings. The average Bonchev–Trinajstić information content (AvgIpc) is 2.90. The molecule has 0 aromatic heterocycles. The van der Waals surface area contributed by atoms with Crippen LogP contribution in [0.3, 0.4) is 0 Å². The second-order valence-electron chi connectivity index (χ2n) is 9.42. The second-order valence-corrected chi connectivity index (χ2v) is 11.2. The quantitative estimate of drug-likeness (QED) is 0.336. The van der Waals surface area contributed by atoms with Crippen molar-refractivity contribution in [3.63, 3.8) is 0 Å². The number of sulfonamides is 1. The first kappa shape index (κ1) is 26.6. The summed E-state index contributed by atoms with van der Waals surface area (Å²) < 4.78 is 29.3. The van der Waals surface area contributed by atoms with Crippen molar-refractivity contribution >= 4 is 27.1 Å². The molecule has 0 bridgehead atoms. The van der Waals surface area contributed by atoms with Crippen LogP contribution in [0.4, 0.5) is 17.1 Å². The van der Waals surface area contributed by atoms with Gasteiger partial charge in [0, 0.05) is 76.4 Å². The van der Waals surface area contributed by atoms with Crippen LogP contribution in [0, 0.1) is 17.0 Å². The average molecular weight is 524 g/mol. The number of non-ortho nitro benzene ring substituents is 1. The Morgan fingerprint density at radius 3 is 2.22 bits per heavy atom. The molecule has 1 unspecified atom stereocenters. The number of nitrogens with one attached hydrogen (secondary N) is 1. The highest BCUT2D eigenvalue weighted by Crippen LogP contribution is 2.27. The van der Waals surface area contributed by atoms with Crippen LogP contribution in [0.15, 0.2) is 77.7 Å². The molecule has 37 heavy (non-hydrogen) atoms. The molecule has 196 valence electrons. The molecule has 1 aliphatic heterocycles. The van der Waals surface area contributed by atoms with Gasteiger partial charge in [-0.15, -0.1) is 0 Å². The van der Waals surface area contributed by atoms with Crippen molar-refractivity contribution in [2.45, 2.75) is 17.9 Å². The van der Waals surface area contributed by atoms with Crippen molar-refractivity contribution in [3.8, 4) is 0 Å². The van der Waals surface area contributed by atoms with E-state index in [2.05, 4.69) is 26.7 Å². The molecular weight excluding hydrogens is 490 g/mol. The van der Waals surface area contributed by atoms with Gasteiger partial charge < -0.3 is 9.80 Å². The molecule has 0 radical (unpaired) electrons. The van der Waals surface area contributed by atoms with E-state index in [-0.39, 0.29) is 23.2 Å². The van der Waals surface area contributed by atoms with E-state index in [1.165, 1.54) is 17.8 Å². The number of para-hydroxylation sites is 1. The van der Waals surface area contributed by atoms with Gasteiger partial charge in [0.2, 0.25) is 10.0 Å². The molecule has 1 heterocycles. The molecule has 1 N–H and O–H groups in total. The van der Waals surface area contributed by atoms with Gasteiger partial charge in [-0.1, -0.05) is 36.4 Å². The van der Waals surface area contributed by atoms with Crippen LogP contribution in [0.25, 0.3) is 0 Å². The minimum atomic E-state index is -3.96. The maximum Gasteiger partial charge on any atom is 0.270 e. The Morgan fingerprint density at radius 2 is 1.62 bits per heavy atom. The van der Waals surface area contributed by atoms with Gasteiger partial charge in [-0.3, -0.25) is 15.0 Å². The van der Waals surface area contributed by atoms with Crippen LogP contribution in [-0.4, -0.2) is 65.1 Å². The lowest BCUT2D eigenvalue weighted by Gasteiger charge is -2.40. The molecular formula is C27H33N5O4S. The predicted molar refractivity (Wildman–Crippen MR) is 147 cm³/mol. The molecule has 3 aromatic carbocycles. The number of hydrogen-bond donors (Lipinski definition) is 1. The predicted octanol–water partition coefficient (Wildman–Crippen LogP) is 3.81. The van der Waals surface area contributed by atoms with E-state index in [1.54, 1.807) is 6.92 Å². The van der Waals surface area contributed by atoms with Gasteiger partial charge in [0.05, 0.1) is 9.82 Å². The summed E-state index contributed by atoms with van der Waals surface area (Å²) in [6.45, 7) is 4.98. The molecule has 10 heteroatoms. The number of rotatable bonds is 9. The number of anilines is 2. The van der Waals surface area contributed by atoms with Gasteiger partial charge in [0.1, 0.15) is 0 Å². The summed E-state index contributed by atoms with van der Waals surface area (Å²) >= 11 is 0. The van der Waals surface area contributed by atoms with Crippen LogP contribution < -0.4 is 14.5 Å². The zero-order chi connectivity index (χ0) is 26.6. The first-order valence-corrected chi connectivity index (χ1v) is 13.7. The van der Waals surface area contributed by atoms with E-state index < -0.39 is 14.9 Å². The fraction of sp³-hybridized carbons (Fsp3) is 0.333. The van der Waals surface area contributed by atoms with Gasteiger partial charge in [0.25, 0.3) is 5.69 Å². The third-order valence-corrected chi connectivity index (χ3v) is 8.37. The lowest BCUT2D eigenvalue weighted by atomic mass is 10.0. The molecule has 9 nitrogen and oxygen atoms in total. The summed E-state index contributed by atoms with van der Waals surface area (Å²) in [6.07, 6.45) is 0. The zero-order valence-electron chi connectivity index (χ0n) is 21.4. The zero-order valence-corrected chi connectivity index (χ0v) is 22.2. The molecule has 1 atom stereocenters. The molecule has 0 saturated carbocycles. The maximum atomic E-state index is 13.3. The van der Waals surface area contributed by atoms with Crippen molar-refractivity contribution in [1.82, 2.24) is 9.62 Å². The molecule has 0 amide bonds. The Kier molecular flexibility index (Phi) is 8.11. The summed E-state index contributed by atoms with van der Waals surface area (Å²) in [5.41, 5.74) is 3.46. The molecule has 0 aliphatic carbocycles. The van der Waals surface area contributed by atoms with Crippen molar-refractivity contribution in [2.75, 3.05) is 56.6 Å². The topological polar surface area (TPSA) is 99.0 Å². The SMILES string of the molecule is Cc1ccc([N+](=O)[O-])cc1S(=O)(=O)NCC(c1ccc(N(C)C)cc1)N1CCN(c2ccccc2)CC1. The Balaban J connectivity index is 1.56. The highest BCUT2D eigenvalue weighted by atomic mass is 32.2. The van der Waals surface area contributed by atoms with Crippen molar-refractivity contribution < 1.29 is 13.3 Å². The largest absolute Gasteiger partial charge is 0.378 e. The maximum absolute atomic E-state index is 13.3. The van der Waals surface area contributed by atoms with Crippen molar-refractivity contribution in [3.05, 3.63) is 94.0 Å². The van der Waals surface area contributed by atoms with Crippen molar-refractivity contribution in [1.29, 1.82) is 0 Å². The first-order valence-electron chi connectivity index (χ1n) is 12.2. The van der Waals surface area contributed by atoms with Gasteiger partial charge in [-0.25, -0.2) is 13.1 Å². The number of aryl methyl sites for hydroxylation is 1. The summed E-state index contributed by atoms with van der Waals surface area (Å²) in [5, 5.41) is 11.2. The number of piperazine rings is 1. The number of hydrogen-bond acceptors (Lipinski definition) is 7. The first-order chi connectivity index (χ1) is 17.7. The third kappa shape index (κ3) is 6.27. The number of nitrogens with zero attached hydrogens (tertiary/aromatic N) is 4. The smallest absolute Gasteiger partial charge is 0.270 e. The van der Waals surface area contributed by atoms with Gasteiger partial charge in [-0.2, -0.15) is 0 Å². The Labute approximate surface area is 218 Å². The monoisotopic (exact) mass is 523 g/mol. The molecule has 1 fully saturated rings. The Morgan fingerprint density at radius 1 is 0.973 bits per heavy atom. The van der Waals surface area contributed by atoms with Crippen LogP contribution in [0.2, 0.25) is 0 Å². The van der Waals surface area contributed by atoms with Crippen LogP contribution in [0.5, 0.6) is 0 Å². The van der Waals surface area contributed by atoms with Crippen LogP contribution in [-0.2, 0) is 10.0 Å². The molecule has 0 spiro atoms.